The average molecular weight is 497 g/mol. The molecule has 0 aromatic heterocycles. The first kappa shape index (κ1) is 26.6. The molecule has 3 rings (SSSR count). The fourth-order valence-electron chi connectivity index (χ4n) is 4.12. The number of esters is 2. The zero-order chi connectivity index (χ0) is 26.2. The van der Waals surface area contributed by atoms with Crippen LogP contribution in [0, 0.1) is 16.0 Å². The third-order valence-corrected chi connectivity index (χ3v) is 5.83. The van der Waals surface area contributed by atoms with E-state index in [0.717, 1.165) is 5.56 Å². The van der Waals surface area contributed by atoms with Crippen molar-refractivity contribution in [3.63, 3.8) is 0 Å². The molecule has 10 nitrogen and oxygen atoms in total. The fraction of sp³-hybridized carbons (Fsp3) is 0.346. The van der Waals surface area contributed by atoms with Crippen LogP contribution in [0.4, 0.5) is 5.69 Å². The van der Waals surface area contributed by atoms with E-state index in [-0.39, 0.29) is 36.8 Å². The lowest BCUT2D eigenvalue weighted by Crippen LogP contribution is -2.37. The Morgan fingerprint density at radius 3 is 2.44 bits per heavy atom. The number of ether oxygens (including phenoxy) is 3. The summed E-state index contributed by atoms with van der Waals surface area (Å²) in [5, 5.41) is 20.9. The molecule has 0 amide bonds. The number of nitro groups is 1. The second-order valence-corrected chi connectivity index (χ2v) is 8.27. The highest BCUT2D eigenvalue weighted by atomic mass is 16.6. The van der Waals surface area contributed by atoms with Crippen LogP contribution in [0.2, 0.25) is 0 Å². The van der Waals surface area contributed by atoms with Crippen LogP contribution in [-0.4, -0.2) is 54.6 Å². The van der Waals surface area contributed by atoms with Gasteiger partial charge in [-0.15, -0.1) is 0 Å². The zero-order valence-corrected chi connectivity index (χ0v) is 20.3. The summed E-state index contributed by atoms with van der Waals surface area (Å²) in [5.41, 5.74) is 2.01. The van der Waals surface area contributed by atoms with Crippen molar-refractivity contribution >= 4 is 23.3 Å². The van der Waals surface area contributed by atoms with Crippen molar-refractivity contribution in [2.45, 2.75) is 26.2 Å². The number of hydrogen-bond donors (Lipinski definition) is 1. The van der Waals surface area contributed by atoms with Crippen molar-refractivity contribution < 1.29 is 33.8 Å². The molecule has 1 N–H and O–H groups in total. The topological polar surface area (TPSA) is 138 Å². The van der Waals surface area contributed by atoms with Gasteiger partial charge in [-0.1, -0.05) is 24.3 Å². The number of aliphatic imine (C=N–C) groups is 1. The molecule has 0 radical (unpaired) electrons. The van der Waals surface area contributed by atoms with Gasteiger partial charge in [0.2, 0.25) is 0 Å². The number of nitro benzene ring substituents is 1. The lowest BCUT2D eigenvalue weighted by molar-refractivity contribution is -0.384. The van der Waals surface area contributed by atoms with Gasteiger partial charge in [0.15, 0.2) is 0 Å². The Balaban J connectivity index is 1.93. The van der Waals surface area contributed by atoms with Crippen LogP contribution in [0.5, 0.6) is 5.75 Å². The summed E-state index contributed by atoms with van der Waals surface area (Å²) >= 11 is 0. The smallest absolute Gasteiger partial charge is 0.336 e. The number of phenols is 1. The van der Waals surface area contributed by atoms with Crippen LogP contribution < -0.4 is 0 Å². The van der Waals surface area contributed by atoms with Crippen LogP contribution in [0.25, 0.3) is 0 Å². The molecule has 10 heteroatoms. The number of allylic oxidation sites excluding steroid dienone is 1. The van der Waals surface area contributed by atoms with Gasteiger partial charge < -0.3 is 19.3 Å². The Morgan fingerprint density at radius 1 is 1.06 bits per heavy atom. The van der Waals surface area contributed by atoms with Gasteiger partial charge in [-0.05, 0) is 37.1 Å². The van der Waals surface area contributed by atoms with Crippen LogP contribution >= 0.6 is 0 Å². The number of rotatable bonds is 10. The van der Waals surface area contributed by atoms with Gasteiger partial charge in [0.05, 0.1) is 23.7 Å². The number of nitrogens with zero attached hydrogens (tertiary/aromatic N) is 2. The number of methoxy groups -OCH3 is 1. The molecule has 2 unspecified atom stereocenters. The minimum absolute atomic E-state index is 0.00980. The molecule has 1 aliphatic heterocycles. The van der Waals surface area contributed by atoms with Gasteiger partial charge in [-0.25, -0.2) is 4.79 Å². The fourth-order valence-corrected chi connectivity index (χ4v) is 4.12. The van der Waals surface area contributed by atoms with Crippen LogP contribution in [0.3, 0.4) is 0 Å². The second kappa shape index (κ2) is 12.1. The van der Waals surface area contributed by atoms with E-state index in [1.807, 2.05) is 0 Å². The quantitative estimate of drug-likeness (QED) is 0.227. The van der Waals surface area contributed by atoms with Crippen molar-refractivity contribution in [3.05, 3.63) is 81.0 Å². The molecular weight excluding hydrogens is 468 g/mol. The number of benzene rings is 2. The molecule has 2 aromatic carbocycles. The van der Waals surface area contributed by atoms with Gasteiger partial charge in [-0.3, -0.25) is 19.9 Å². The summed E-state index contributed by atoms with van der Waals surface area (Å²) < 4.78 is 15.8. The summed E-state index contributed by atoms with van der Waals surface area (Å²) in [7, 11) is 1.48. The minimum atomic E-state index is -0.979. The van der Waals surface area contributed by atoms with E-state index in [4.69, 9.17) is 14.2 Å². The van der Waals surface area contributed by atoms with E-state index in [1.54, 1.807) is 44.2 Å². The van der Waals surface area contributed by atoms with E-state index < -0.39 is 28.7 Å². The summed E-state index contributed by atoms with van der Waals surface area (Å²) in [6, 6.07) is 12.3. The first-order valence-corrected chi connectivity index (χ1v) is 11.3. The largest absolute Gasteiger partial charge is 0.508 e. The van der Waals surface area contributed by atoms with Crippen LogP contribution in [-0.2, 0) is 30.2 Å². The SMILES string of the molecule is COCCOC(=O)C1C(C)=NC(C)=C(C(=O)OCCc2ccc(O)cc2)C1c1cccc([N+](=O)[O-])c1. The van der Waals surface area contributed by atoms with Crippen molar-refractivity contribution in [1.82, 2.24) is 0 Å². The van der Waals surface area contributed by atoms with E-state index in [0.29, 0.717) is 23.4 Å². The molecule has 0 fully saturated rings. The predicted octanol–water partition coefficient (Wildman–Crippen LogP) is 3.72. The van der Waals surface area contributed by atoms with E-state index in [9.17, 15) is 24.8 Å². The Morgan fingerprint density at radius 2 is 1.78 bits per heavy atom. The summed E-state index contributed by atoms with van der Waals surface area (Å²) in [6.07, 6.45) is 0.407. The number of carbonyl (C=O) groups excluding carboxylic acids is 2. The van der Waals surface area contributed by atoms with Gasteiger partial charge in [-0.2, -0.15) is 0 Å². The van der Waals surface area contributed by atoms with E-state index in [1.165, 1.54) is 25.3 Å². The highest BCUT2D eigenvalue weighted by molar-refractivity contribution is 6.07. The lowest BCUT2D eigenvalue weighted by atomic mass is 9.75. The molecular formula is C26H28N2O8. The number of non-ortho nitro benzene ring substituents is 1. The number of aromatic hydroxyl groups is 1. The van der Waals surface area contributed by atoms with Gasteiger partial charge >= 0.3 is 11.9 Å². The Hall–Kier alpha value is -4.05. The van der Waals surface area contributed by atoms with Crippen LogP contribution in [0.15, 0.2) is 64.8 Å². The lowest BCUT2D eigenvalue weighted by Gasteiger charge is -2.31. The summed E-state index contributed by atoms with van der Waals surface area (Å²) in [4.78, 5) is 41.7. The maximum absolute atomic E-state index is 13.3. The molecule has 36 heavy (non-hydrogen) atoms. The third kappa shape index (κ3) is 6.33. The first-order chi connectivity index (χ1) is 17.2. The number of carbonyl (C=O) groups is 2. The first-order valence-electron chi connectivity index (χ1n) is 11.3. The minimum Gasteiger partial charge on any atom is -0.508 e. The summed E-state index contributed by atoms with van der Waals surface area (Å²) in [5.74, 6) is -3.03. The standard InChI is InChI=1S/C26H28N2O8/c1-16-22(25(30)35-12-11-18-7-9-21(29)10-8-18)24(19-5-4-6-20(15-19)28(32)33)23(17(2)27-16)26(31)36-14-13-34-3/h4-10,15,23-24,29H,11-14H2,1-3H3. The molecule has 0 saturated heterocycles. The molecule has 2 atom stereocenters. The maximum Gasteiger partial charge on any atom is 0.336 e. The van der Waals surface area contributed by atoms with Crippen LogP contribution in [0.1, 0.15) is 30.9 Å². The molecule has 1 heterocycles. The van der Waals surface area contributed by atoms with E-state index in [2.05, 4.69) is 4.99 Å². The monoisotopic (exact) mass is 496 g/mol. The number of phenolic OH excluding ortho intramolecular Hbond substituents is 1. The summed E-state index contributed by atoms with van der Waals surface area (Å²) in [6.45, 7) is 3.54. The highest BCUT2D eigenvalue weighted by Gasteiger charge is 2.42. The molecule has 0 aliphatic carbocycles. The normalized spacial score (nSPS) is 17.4. The van der Waals surface area contributed by atoms with Crippen molar-refractivity contribution in [2.24, 2.45) is 10.9 Å². The molecule has 190 valence electrons. The van der Waals surface area contributed by atoms with Crippen molar-refractivity contribution in [1.29, 1.82) is 0 Å². The Bertz CT molecular complexity index is 1190. The van der Waals surface area contributed by atoms with Gasteiger partial charge in [0, 0.05) is 43.0 Å². The molecule has 2 aromatic rings. The zero-order valence-electron chi connectivity index (χ0n) is 20.3. The molecule has 0 spiro atoms. The van der Waals surface area contributed by atoms with E-state index >= 15 is 0 Å². The highest BCUT2D eigenvalue weighted by Crippen LogP contribution is 2.41. The Labute approximate surface area is 208 Å². The third-order valence-electron chi connectivity index (χ3n) is 5.83. The molecule has 1 aliphatic rings. The van der Waals surface area contributed by atoms with Gasteiger partial charge in [0.1, 0.15) is 18.3 Å². The van der Waals surface area contributed by atoms with Gasteiger partial charge in [0.25, 0.3) is 5.69 Å². The molecule has 0 saturated carbocycles. The van der Waals surface area contributed by atoms with Crippen molar-refractivity contribution in [3.8, 4) is 5.75 Å². The Kier molecular flexibility index (Phi) is 8.91. The van der Waals surface area contributed by atoms with Crippen molar-refractivity contribution in [2.75, 3.05) is 26.9 Å². The number of hydrogen-bond acceptors (Lipinski definition) is 9. The predicted molar refractivity (Wildman–Crippen MR) is 131 cm³/mol. The second-order valence-electron chi connectivity index (χ2n) is 8.27. The average Bonchev–Trinajstić information content (AvgIpc) is 2.84. The molecule has 0 bridgehead atoms. The maximum atomic E-state index is 13.3.